The molecular weight excluding hydrogens is 338 g/mol. The van der Waals surface area contributed by atoms with Crippen LogP contribution in [0.15, 0.2) is 9.72 Å². The molecule has 1 amide bonds. The summed E-state index contributed by atoms with van der Waals surface area (Å²) in [4.78, 5) is 27.5. The maximum Gasteiger partial charge on any atom is 0.311 e. The van der Waals surface area contributed by atoms with Gasteiger partial charge in [0.15, 0.2) is 4.34 Å². The van der Waals surface area contributed by atoms with Crippen LogP contribution >= 0.6 is 23.1 Å². The zero-order chi connectivity index (χ0) is 16.5. The zero-order valence-corrected chi connectivity index (χ0v) is 14.6. The zero-order valence-electron chi connectivity index (χ0n) is 13.0. The minimum atomic E-state index is -0.284. The number of hydrogen-bond donors (Lipinski definition) is 2. The van der Waals surface area contributed by atoms with Gasteiger partial charge >= 0.3 is 5.97 Å². The quantitative estimate of drug-likeness (QED) is 0.514. The molecular formula is C14H21N3O4S2. The van der Waals surface area contributed by atoms with Crippen LogP contribution in [0.3, 0.4) is 0 Å². The molecule has 0 radical (unpaired) electrons. The number of rotatable bonds is 8. The minimum Gasteiger partial charge on any atom is -0.466 e. The fourth-order valence-electron chi connectivity index (χ4n) is 1.95. The van der Waals surface area contributed by atoms with E-state index in [-0.39, 0.29) is 24.4 Å². The lowest BCUT2D eigenvalue weighted by Gasteiger charge is -2.23. The van der Waals surface area contributed by atoms with E-state index in [1.165, 1.54) is 23.1 Å². The molecule has 1 atom stereocenters. The van der Waals surface area contributed by atoms with Gasteiger partial charge < -0.3 is 20.1 Å². The Kier molecular flexibility index (Phi) is 7.80. The third-order valence-electron chi connectivity index (χ3n) is 3.02. The molecule has 1 aromatic heterocycles. The Morgan fingerprint density at radius 1 is 1.61 bits per heavy atom. The Hall–Kier alpha value is -1.16. The van der Waals surface area contributed by atoms with Crippen molar-refractivity contribution in [2.75, 3.05) is 38.6 Å². The Bertz CT molecular complexity index is 518. The van der Waals surface area contributed by atoms with Gasteiger partial charge in [-0.3, -0.25) is 9.59 Å². The highest BCUT2D eigenvalue weighted by Crippen LogP contribution is 2.22. The summed E-state index contributed by atoms with van der Waals surface area (Å²) in [5, 5.41) is 7.89. The lowest BCUT2D eigenvalue weighted by molar-refractivity contribution is -0.142. The van der Waals surface area contributed by atoms with Gasteiger partial charge in [0.25, 0.3) is 0 Å². The molecule has 1 aliphatic heterocycles. The smallest absolute Gasteiger partial charge is 0.311 e. The number of aromatic nitrogens is 1. The maximum absolute atomic E-state index is 11.8. The number of esters is 1. The summed E-state index contributed by atoms with van der Waals surface area (Å²) in [5.41, 5.74) is 0.679. The molecule has 2 heterocycles. The van der Waals surface area contributed by atoms with Crippen molar-refractivity contribution in [3.05, 3.63) is 11.1 Å². The molecule has 7 nitrogen and oxygen atoms in total. The number of thioether (sulfide) groups is 1. The average Bonchev–Trinajstić information content (AvgIpc) is 2.99. The van der Waals surface area contributed by atoms with Crippen LogP contribution in [-0.2, 0) is 25.5 Å². The maximum atomic E-state index is 11.8. The van der Waals surface area contributed by atoms with Crippen LogP contribution in [0.25, 0.3) is 0 Å². The van der Waals surface area contributed by atoms with E-state index < -0.39 is 0 Å². The second-order valence-electron chi connectivity index (χ2n) is 4.88. The first kappa shape index (κ1) is 18.2. The van der Waals surface area contributed by atoms with E-state index in [2.05, 4.69) is 15.6 Å². The van der Waals surface area contributed by atoms with Crippen molar-refractivity contribution in [3.8, 4) is 0 Å². The van der Waals surface area contributed by atoms with Crippen molar-refractivity contribution in [3.63, 3.8) is 0 Å². The van der Waals surface area contributed by atoms with Gasteiger partial charge in [-0.25, -0.2) is 4.98 Å². The number of morpholine rings is 1. The molecule has 1 saturated heterocycles. The van der Waals surface area contributed by atoms with Crippen LogP contribution in [0.2, 0.25) is 0 Å². The monoisotopic (exact) mass is 359 g/mol. The summed E-state index contributed by atoms with van der Waals surface area (Å²) in [6.07, 6.45) is 0.206. The number of ether oxygens (including phenoxy) is 2. The predicted molar refractivity (Wildman–Crippen MR) is 88.8 cm³/mol. The number of nitrogens with one attached hydrogen (secondary N) is 2. The fourth-order valence-corrected chi connectivity index (χ4v) is 3.63. The molecule has 128 valence electrons. The average molecular weight is 359 g/mol. The van der Waals surface area contributed by atoms with E-state index in [1.54, 1.807) is 6.92 Å². The number of hydrogen-bond acceptors (Lipinski definition) is 8. The highest BCUT2D eigenvalue weighted by molar-refractivity contribution is 8.01. The Morgan fingerprint density at radius 2 is 2.48 bits per heavy atom. The van der Waals surface area contributed by atoms with Crippen molar-refractivity contribution in [1.82, 2.24) is 15.6 Å². The molecule has 0 saturated carbocycles. The van der Waals surface area contributed by atoms with E-state index in [9.17, 15) is 9.59 Å². The lowest BCUT2D eigenvalue weighted by atomic mass is 10.3. The van der Waals surface area contributed by atoms with E-state index in [1.807, 2.05) is 5.38 Å². The highest BCUT2D eigenvalue weighted by atomic mass is 32.2. The second-order valence-corrected chi connectivity index (χ2v) is 6.96. The second kappa shape index (κ2) is 9.86. The first-order chi connectivity index (χ1) is 11.2. The summed E-state index contributed by atoms with van der Waals surface area (Å²) < 4.78 is 11.2. The van der Waals surface area contributed by atoms with Crippen molar-refractivity contribution in [2.24, 2.45) is 0 Å². The molecule has 1 aliphatic rings. The van der Waals surface area contributed by atoms with Crippen LogP contribution in [0.5, 0.6) is 0 Å². The van der Waals surface area contributed by atoms with Crippen LogP contribution in [0.4, 0.5) is 0 Å². The van der Waals surface area contributed by atoms with Gasteiger partial charge in [-0.2, -0.15) is 0 Å². The van der Waals surface area contributed by atoms with Crippen LogP contribution < -0.4 is 10.6 Å². The summed E-state index contributed by atoms with van der Waals surface area (Å²) in [6, 6.07) is 0. The predicted octanol–water partition coefficient (Wildman–Crippen LogP) is 0.445. The molecule has 1 aromatic rings. The van der Waals surface area contributed by atoms with E-state index in [0.717, 1.165) is 17.4 Å². The van der Waals surface area contributed by atoms with Crippen molar-refractivity contribution >= 4 is 35.0 Å². The largest absolute Gasteiger partial charge is 0.466 e. The van der Waals surface area contributed by atoms with Gasteiger partial charge in [0, 0.05) is 25.0 Å². The van der Waals surface area contributed by atoms with Crippen LogP contribution in [0, 0.1) is 0 Å². The number of carbonyl (C=O) groups excluding carboxylic acids is 2. The minimum absolute atomic E-state index is 0.0359. The molecule has 0 spiro atoms. The molecule has 0 aromatic carbocycles. The molecule has 9 heteroatoms. The molecule has 23 heavy (non-hydrogen) atoms. The molecule has 1 fully saturated rings. The standard InChI is InChI=1S/C14H21N3O4S2/c1-2-20-13(19)5-10-8-22-14(17-10)23-9-12(18)16-7-11-6-15-3-4-21-11/h8,11,15H,2-7,9H2,1H3,(H,16,18)/t11-/m0/s1. The van der Waals surface area contributed by atoms with Crippen LogP contribution in [0.1, 0.15) is 12.6 Å². The van der Waals surface area contributed by atoms with Crippen LogP contribution in [-0.4, -0.2) is 61.6 Å². The molecule has 2 N–H and O–H groups in total. The third-order valence-corrected chi connectivity index (χ3v) is 5.09. The summed E-state index contributed by atoms with van der Waals surface area (Å²) in [7, 11) is 0. The summed E-state index contributed by atoms with van der Waals surface area (Å²) >= 11 is 2.79. The Morgan fingerprint density at radius 3 is 3.22 bits per heavy atom. The van der Waals surface area contributed by atoms with Gasteiger partial charge in [0.05, 0.1) is 37.2 Å². The number of nitrogens with zero attached hydrogens (tertiary/aromatic N) is 1. The molecule has 0 aliphatic carbocycles. The first-order valence-electron chi connectivity index (χ1n) is 7.49. The lowest BCUT2D eigenvalue weighted by Crippen LogP contribution is -2.45. The topological polar surface area (TPSA) is 89.6 Å². The SMILES string of the molecule is CCOC(=O)Cc1csc(SCC(=O)NC[C@@H]2CNCCO2)n1. The van der Waals surface area contributed by atoms with E-state index in [0.29, 0.717) is 31.2 Å². The Balaban J connectivity index is 1.65. The molecule has 0 unspecified atom stereocenters. The first-order valence-corrected chi connectivity index (χ1v) is 9.35. The Labute approximate surface area is 143 Å². The molecule has 0 bridgehead atoms. The van der Waals surface area contributed by atoms with Gasteiger partial charge in [-0.05, 0) is 6.92 Å². The number of carbonyl (C=O) groups is 2. The van der Waals surface area contributed by atoms with Gasteiger partial charge in [-0.1, -0.05) is 11.8 Å². The van der Waals surface area contributed by atoms with Gasteiger partial charge in [0.2, 0.25) is 5.91 Å². The van der Waals surface area contributed by atoms with Crippen molar-refractivity contribution in [2.45, 2.75) is 23.8 Å². The summed E-state index contributed by atoms with van der Waals surface area (Å²) in [5.74, 6) is -0.0357. The normalized spacial score (nSPS) is 17.7. The van der Waals surface area contributed by atoms with Crippen molar-refractivity contribution in [1.29, 1.82) is 0 Å². The van der Waals surface area contributed by atoms with E-state index in [4.69, 9.17) is 9.47 Å². The van der Waals surface area contributed by atoms with Gasteiger partial charge in [-0.15, -0.1) is 11.3 Å². The molecule has 2 rings (SSSR count). The third kappa shape index (κ3) is 6.86. The number of thiazole rings is 1. The van der Waals surface area contributed by atoms with E-state index >= 15 is 0 Å². The van der Waals surface area contributed by atoms with Crippen molar-refractivity contribution < 1.29 is 19.1 Å². The number of amides is 1. The summed E-state index contributed by atoms with van der Waals surface area (Å²) in [6.45, 7) is 4.95. The van der Waals surface area contributed by atoms with Gasteiger partial charge in [0.1, 0.15) is 0 Å². The fraction of sp³-hybridized carbons (Fsp3) is 0.643. The highest BCUT2D eigenvalue weighted by Gasteiger charge is 2.15.